The first-order valence-corrected chi connectivity index (χ1v) is 19.1. The maximum atomic E-state index is 6.70. The van der Waals surface area contributed by atoms with E-state index in [4.69, 9.17) is 4.42 Å². The molecule has 0 aliphatic heterocycles. The van der Waals surface area contributed by atoms with Gasteiger partial charge in [0.1, 0.15) is 11.2 Å². The van der Waals surface area contributed by atoms with E-state index in [2.05, 4.69) is 207 Å². The van der Waals surface area contributed by atoms with E-state index in [9.17, 15) is 0 Å². The van der Waals surface area contributed by atoms with Crippen LogP contribution in [-0.2, 0) is 5.41 Å². The maximum Gasteiger partial charge on any atom is 0.143 e. The molecule has 55 heavy (non-hydrogen) atoms. The number of benzene rings is 9. The molecule has 9 aromatic carbocycles. The van der Waals surface area contributed by atoms with Gasteiger partial charge in [-0.25, -0.2) is 0 Å². The molecule has 0 unspecified atom stereocenters. The standard InChI is InChI=1S/C53H37NO/c1-53(2)45-24-10-7-21-43(45)50-41(22-13-25-46(50)53)39-19-8-11-26-47(39)54(37-31-29-34-15-3-4-17-36(34)33-37)48-27-12-9-20-40(48)42-23-14-28-49-51(42)44-32-30-35-16-5-6-18-38(35)52(44)55-49/h3-33H,1-2H3. The van der Waals surface area contributed by atoms with Crippen molar-refractivity contribution >= 4 is 60.5 Å². The summed E-state index contributed by atoms with van der Waals surface area (Å²) in [6.45, 7) is 4.71. The summed E-state index contributed by atoms with van der Waals surface area (Å²) in [7, 11) is 0. The smallest absolute Gasteiger partial charge is 0.143 e. The van der Waals surface area contributed by atoms with E-state index in [1.54, 1.807) is 0 Å². The van der Waals surface area contributed by atoms with Gasteiger partial charge in [0.15, 0.2) is 0 Å². The fourth-order valence-electron chi connectivity index (χ4n) is 9.27. The van der Waals surface area contributed by atoms with Gasteiger partial charge >= 0.3 is 0 Å². The third kappa shape index (κ3) is 4.74. The largest absolute Gasteiger partial charge is 0.455 e. The van der Waals surface area contributed by atoms with Gasteiger partial charge in [-0.05, 0) is 85.9 Å². The Kier molecular flexibility index (Phi) is 6.93. The molecule has 0 saturated heterocycles. The summed E-state index contributed by atoms with van der Waals surface area (Å²) >= 11 is 0. The van der Waals surface area contributed by atoms with Crippen LogP contribution < -0.4 is 4.90 Å². The minimum absolute atomic E-state index is 0.0983. The fraction of sp³-hybridized carbons (Fsp3) is 0.0566. The molecule has 260 valence electrons. The van der Waals surface area contributed by atoms with Crippen molar-refractivity contribution in [2.45, 2.75) is 19.3 Å². The van der Waals surface area contributed by atoms with Crippen molar-refractivity contribution in [1.29, 1.82) is 0 Å². The van der Waals surface area contributed by atoms with Gasteiger partial charge in [0.25, 0.3) is 0 Å². The summed E-state index contributed by atoms with van der Waals surface area (Å²) in [5.74, 6) is 0. The zero-order chi connectivity index (χ0) is 36.7. The number of anilines is 3. The predicted molar refractivity (Wildman–Crippen MR) is 232 cm³/mol. The first kappa shape index (κ1) is 31.6. The molecule has 10 aromatic rings. The van der Waals surface area contributed by atoms with Crippen LogP contribution in [0.15, 0.2) is 192 Å². The van der Waals surface area contributed by atoms with E-state index in [0.717, 1.165) is 55.5 Å². The average Bonchev–Trinajstić information content (AvgIpc) is 3.74. The van der Waals surface area contributed by atoms with Gasteiger partial charge in [0.2, 0.25) is 0 Å². The van der Waals surface area contributed by atoms with Crippen molar-refractivity contribution in [2.75, 3.05) is 4.90 Å². The van der Waals surface area contributed by atoms with Gasteiger partial charge in [-0.3, -0.25) is 0 Å². The summed E-state index contributed by atoms with van der Waals surface area (Å²) in [4.78, 5) is 2.47. The molecule has 0 atom stereocenters. The van der Waals surface area contributed by atoms with Crippen molar-refractivity contribution in [3.63, 3.8) is 0 Å². The minimum atomic E-state index is -0.0983. The Morgan fingerprint density at radius 3 is 1.82 bits per heavy atom. The van der Waals surface area contributed by atoms with Crippen LogP contribution in [0.5, 0.6) is 0 Å². The monoisotopic (exact) mass is 703 g/mol. The van der Waals surface area contributed by atoms with E-state index in [-0.39, 0.29) is 5.41 Å². The molecular weight excluding hydrogens is 667 g/mol. The molecule has 11 rings (SSSR count). The Hall–Kier alpha value is -6.90. The van der Waals surface area contributed by atoms with E-state index in [0.29, 0.717) is 0 Å². The van der Waals surface area contributed by atoms with E-state index >= 15 is 0 Å². The second-order valence-electron chi connectivity index (χ2n) is 15.2. The third-order valence-corrected chi connectivity index (χ3v) is 11.9. The first-order chi connectivity index (χ1) is 27.1. The molecule has 1 aliphatic carbocycles. The molecule has 1 heterocycles. The Morgan fingerprint density at radius 2 is 1.00 bits per heavy atom. The lowest BCUT2D eigenvalue weighted by Crippen LogP contribution is -2.15. The molecule has 2 heteroatoms. The van der Waals surface area contributed by atoms with Crippen LogP contribution in [0.4, 0.5) is 17.1 Å². The van der Waals surface area contributed by atoms with Gasteiger partial charge in [0.05, 0.1) is 11.4 Å². The summed E-state index contributed by atoms with van der Waals surface area (Å²) in [6, 6.07) is 68.5. The summed E-state index contributed by atoms with van der Waals surface area (Å²) in [5, 5.41) is 6.97. The highest BCUT2D eigenvalue weighted by atomic mass is 16.3. The predicted octanol–water partition coefficient (Wildman–Crippen LogP) is 15.0. The topological polar surface area (TPSA) is 16.4 Å². The quantitative estimate of drug-likeness (QED) is 0.177. The SMILES string of the molecule is CC1(C)c2ccccc2-c2c(-c3ccccc3N(c3ccc4ccccc4c3)c3ccccc3-c3cccc4oc5c6ccccc6ccc5c34)cccc21. The Labute approximate surface area is 320 Å². The van der Waals surface area contributed by atoms with Crippen LogP contribution in [0.3, 0.4) is 0 Å². The Bertz CT molecular complexity index is 3150. The summed E-state index contributed by atoms with van der Waals surface area (Å²) in [5.41, 5.74) is 15.1. The lowest BCUT2D eigenvalue weighted by molar-refractivity contribution is 0.660. The number of furan rings is 1. The van der Waals surface area contributed by atoms with Gasteiger partial charge in [-0.15, -0.1) is 0 Å². The van der Waals surface area contributed by atoms with Crippen molar-refractivity contribution in [3.05, 3.63) is 199 Å². The Morgan fingerprint density at radius 1 is 0.418 bits per heavy atom. The van der Waals surface area contributed by atoms with Crippen molar-refractivity contribution < 1.29 is 4.42 Å². The third-order valence-electron chi connectivity index (χ3n) is 11.9. The molecule has 0 bridgehead atoms. The van der Waals surface area contributed by atoms with Crippen LogP contribution in [0.1, 0.15) is 25.0 Å². The molecular formula is C53H37NO. The highest BCUT2D eigenvalue weighted by Gasteiger charge is 2.37. The Balaban J connectivity index is 1.19. The van der Waals surface area contributed by atoms with Crippen LogP contribution in [0.25, 0.3) is 76.9 Å². The maximum absolute atomic E-state index is 6.70. The molecule has 1 aromatic heterocycles. The minimum Gasteiger partial charge on any atom is -0.455 e. The molecule has 0 fully saturated rings. The van der Waals surface area contributed by atoms with Crippen LogP contribution in [0, 0.1) is 0 Å². The zero-order valence-corrected chi connectivity index (χ0v) is 30.8. The lowest BCUT2D eigenvalue weighted by Gasteiger charge is -2.30. The van der Waals surface area contributed by atoms with Crippen molar-refractivity contribution in [3.8, 4) is 33.4 Å². The lowest BCUT2D eigenvalue weighted by atomic mass is 9.82. The fourth-order valence-corrected chi connectivity index (χ4v) is 9.27. The number of fused-ring (bicyclic) bond motifs is 9. The second-order valence-corrected chi connectivity index (χ2v) is 15.2. The molecule has 1 aliphatic rings. The summed E-state index contributed by atoms with van der Waals surface area (Å²) in [6.07, 6.45) is 0. The molecule has 2 nitrogen and oxygen atoms in total. The number of nitrogens with zero attached hydrogens (tertiary/aromatic N) is 1. The number of hydrogen-bond acceptors (Lipinski definition) is 2. The molecule has 0 N–H and O–H groups in total. The number of rotatable bonds is 5. The molecule has 0 radical (unpaired) electrons. The van der Waals surface area contributed by atoms with Gasteiger partial charge < -0.3 is 9.32 Å². The van der Waals surface area contributed by atoms with Crippen LogP contribution >= 0.6 is 0 Å². The van der Waals surface area contributed by atoms with E-state index in [1.165, 1.54) is 49.5 Å². The molecule has 0 saturated carbocycles. The highest BCUT2D eigenvalue weighted by molar-refractivity contribution is 6.20. The second kappa shape index (κ2) is 12.1. The normalized spacial score (nSPS) is 13.1. The van der Waals surface area contributed by atoms with E-state index < -0.39 is 0 Å². The van der Waals surface area contributed by atoms with Crippen LogP contribution in [0.2, 0.25) is 0 Å². The van der Waals surface area contributed by atoms with Crippen molar-refractivity contribution in [2.24, 2.45) is 0 Å². The number of para-hydroxylation sites is 2. The van der Waals surface area contributed by atoms with Gasteiger partial charge in [-0.1, -0.05) is 166 Å². The van der Waals surface area contributed by atoms with Crippen molar-refractivity contribution in [1.82, 2.24) is 0 Å². The first-order valence-electron chi connectivity index (χ1n) is 19.1. The summed E-state index contributed by atoms with van der Waals surface area (Å²) < 4.78 is 6.70. The van der Waals surface area contributed by atoms with Gasteiger partial charge in [0, 0.05) is 38.4 Å². The van der Waals surface area contributed by atoms with Crippen LogP contribution in [-0.4, -0.2) is 0 Å². The number of hydrogen-bond donors (Lipinski definition) is 0. The zero-order valence-electron chi connectivity index (χ0n) is 30.8. The molecule has 0 amide bonds. The molecule has 0 spiro atoms. The van der Waals surface area contributed by atoms with E-state index in [1.807, 2.05) is 0 Å². The highest BCUT2D eigenvalue weighted by Crippen LogP contribution is 2.54. The average molecular weight is 704 g/mol. The van der Waals surface area contributed by atoms with Gasteiger partial charge in [-0.2, -0.15) is 0 Å².